The molecule has 3 heterocycles. The standard InChI is InChI=1S/C31H33N3O4S/c1-36-25-7-5-6-24(17-25)33-14-12-32(13-15-33)19-23-16-22-10-11-27(39-2)18-28(22)34(31(23)35)20-26-21-37-29-8-3-4-9-30(29)38-26/h3-11,16-18,26H,12-15,19-21H2,1-2H3. The van der Waals surface area contributed by atoms with Gasteiger partial charge < -0.3 is 23.7 Å². The van der Waals surface area contributed by atoms with Crippen molar-refractivity contribution in [1.82, 2.24) is 9.47 Å². The Morgan fingerprint density at radius 1 is 0.949 bits per heavy atom. The molecule has 0 N–H and O–H groups in total. The van der Waals surface area contributed by atoms with Crippen molar-refractivity contribution in [3.63, 3.8) is 0 Å². The highest BCUT2D eigenvalue weighted by Crippen LogP contribution is 2.32. The number of anilines is 1. The lowest BCUT2D eigenvalue weighted by Crippen LogP contribution is -2.46. The van der Waals surface area contributed by atoms with Gasteiger partial charge in [-0.2, -0.15) is 0 Å². The van der Waals surface area contributed by atoms with Crippen LogP contribution in [0.5, 0.6) is 17.2 Å². The summed E-state index contributed by atoms with van der Waals surface area (Å²) in [6.45, 7) is 5.03. The van der Waals surface area contributed by atoms with Crippen LogP contribution in [-0.4, -0.2) is 61.7 Å². The zero-order valence-electron chi connectivity index (χ0n) is 22.3. The minimum absolute atomic E-state index is 0.0402. The summed E-state index contributed by atoms with van der Waals surface area (Å²) in [7, 11) is 1.70. The van der Waals surface area contributed by atoms with Gasteiger partial charge in [0.05, 0.1) is 19.2 Å². The Hall–Kier alpha value is -3.62. The van der Waals surface area contributed by atoms with Crippen LogP contribution < -0.4 is 24.7 Å². The van der Waals surface area contributed by atoms with Crippen molar-refractivity contribution in [3.8, 4) is 17.2 Å². The average Bonchev–Trinajstić information content (AvgIpc) is 2.99. The van der Waals surface area contributed by atoms with Gasteiger partial charge in [0, 0.05) is 54.9 Å². The maximum Gasteiger partial charge on any atom is 0.255 e. The first-order valence-electron chi connectivity index (χ1n) is 13.3. The molecule has 39 heavy (non-hydrogen) atoms. The first kappa shape index (κ1) is 25.6. The number of thioether (sulfide) groups is 1. The number of methoxy groups -OCH3 is 1. The van der Waals surface area contributed by atoms with Gasteiger partial charge in [-0.3, -0.25) is 9.69 Å². The normalized spacial score (nSPS) is 17.4. The summed E-state index contributed by atoms with van der Waals surface area (Å²) >= 11 is 1.68. The molecule has 0 amide bonds. The Labute approximate surface area is 232 Å². The van der Waals surface area contributed by atoms with Gasteiger partial charge in [-0.05, 0) is 54.1 Å². The summed E-state index contributed by atoms with van der Waals surface area (Å²) in [5, 5.41) is 1.06. The molecule has 2 aliphatic rings. The van der Waals surface area contributed by atoms with Gasteiger partial charge in [-0.25, -0.2) is 0 Å². The second-order valence-corrected chi connectivity index (χ2v) is 10.9. The molecule has 7 nitrogen and oxygen atoms in total. The van der Waals surface area contributed by atoms with E-state index in [0.29, 0.717) is 19.7 Å². The van der Waals surface area contributed by atoms with E-state index in [9.17, 15) is 4.79 Å². The predicted molar refractivity (Wildman–Crippen MR) is 157 cm³/mol. The highest BCUT2D eigenvalue weighted by molar-refractivity contribution is 7.98. The molecule has 0 bridgehead atoms. The van der Waals surface area contributed by atoms with Crippen molar-refractivity contribution in [2.75, 3.05) is 51.1 Å². The third kappa shape index (κ3) is 5.44. The summed E-state index contributed by atoms with van der Waals surface area (Å²) in [6.07, 6.45) is 1.80. The van der Waals surface area contributed by atoms with E-state index in [0.717, 1.165) is 64.8 Å². The molecule has 1 aromatic heterocycles. The Morgan fingerprint density at radius 2 is 1.77 bits per heavy atom. The molecule has 202 valence electrons. The van der Waals surface area contributed by atoms with Gasteiger partial charge in [0.15, 0.2) is 17.6 Å². The summed E-state index contributed by atoms with van der Waals surface area (Å²) in [5.41, 5.74) is 2.95. The van der Waals surface area contributed by atoms with E-state index in [4.69, 9.17) is 14.2 Å². The Kier molecular flexibility index (Phi) is 7.39. The third-order valence-corrected chi connectivity index (χ3v) is 8.24. The van der Waals surface area contributed by atoms with Crippen LogP contribution in [-0.2, 0) is 13.1 Å². The summed E-state index contributed by atoms with van der Waals surface area (Å²) in [5.74, 6) is 2.34. The topological polar surface area (TPSA) is 56.2 Å². The van der Waals surface area contributed by atoms with Gasteiger partial charge in [0.1, 0.15) is 12.4 Å². The second-order valence-electron chi connectivity index (χ2n) is 9.97. The van der Waals surface area contributed by atoms with Crippen LogP contribution in [0.15, 0.2) is 82.5 Å². The lowest BCUT2D eigenvalue weighted by Gasteiger charge is -2.36. The first-order valence-corrected chi connectivity index (χ1v) is 14.5. The highest BCUT2D eigenvalue weighted by Gasteiger charge is 2.24. The molecule has 3 aromatic carbocycles. The molecule has 0 saturated carbocycles. The summed E-state index contributed by atoms with van der Waals surface area (Å²) in [4.78, 5) is 19.8. The lowest BCUT2D eigenvalue weighted by atomic mass is 10.1. The van der Waals surface area contributed by atoms with Crippen molar-refractivity contribution in [1.29, 1.82) is 0 Å². The smallest absolute Gasteiger partial charge is 0.255 e. The van der Waals surface area contributed by atoms with Crippen molar-refractivity contribution < 1.29 is 14.2 Å². The van der Waals surface area contributed by atoms with Gasteiger partial charge in [-0.15, -0.1) is 11.8 Å². The Bertz CT molecular complexity index is 1530. The van der Waals surface area contributed by atoms with E-state index in [2.05, 4.69) is 52.5 Å². The lowest BCUT2D eigenvalue weighted by molar-refractivity contribution is 0.0786. The zero-order valence-corrected chi connectivity index (χ0v) is 23.2. The summed E-state index contributed by atoms with van der Waals surface area (Å²) in [6, 6.07) is 24.3. The number of para-hydroxylation sites is 2. The minimum atomic E-state index is -0.250. The quantitative estimate of drug-likeness (QED) is 0.308. The molecule has 4 aromatic rings. The van der Waals surface area contributed by atoms with Crippen molar-refractivity contribution >= 4 is 28.4 Å². The highest BCUT2D eigenvalue weighted by atomic mass is 32.2. The van der Waals surface area contributed by atoms with Crippen LogP contribution in [0.1, 0.15) is 5.56 Å². The van der Waals surface area contributed by atoms with Crippen molar-refractivity contribution in [3.05, 3.63) is 88.7 Å². The number of benzene rings is 3. The molecular weight excluding hydrogens is 510 g/mol. The SMILES string of the molecule is COc1cccc(N2CCN(Cc3cc4ccc(SC)cc4n(CC4COc5ccccc5O4)c3=O)CC2)c1. The largest absolute Gasteiger partial charge is 0.497 e. The fourth-order valence-corrected chi connectivity index (χ4v) is 5.84. The van der Waals surface area contributed by atoms with Crippen molar-refractivity contribution in [2.24, 2.45) is 0 Å². The molecule has 0 spiro atoms. The van der Waals surface area contributed by atoms with Gasteiger partial charge >= 0.3 is 0 Å². The second kappa shape index (κ2) is 11.2. The number of rotatable bonds is 7. The van der Waals surface area contributed by atoms with Crippen LogP contribution in [0, 0.1) is 0 Å². The fraction of sp³-hybridized carbons (Fsp3) is 0.323. The number of hydrogen-bond acceptors (Lipinski definition) is 7. The van der Waals surface area contributed by atoms with E-state index in [1.165, 1.54) is 5.69 Å². The van der Waals surface area contributed by atoms with E-state index < -0.39 is 0 Å². The Morgan fingerprint density at radius 3 is 2.56 bits per heavy atom. The van der Waals surface area contributed by atoms with Crippen LogP contribution in [0.2, 0.25) is 0 Å². The van der Waals surface area contributed by atoms with E-state index in [1.54, 1.807) is 18.9 Å². The van der Waals surface area contributed by atoms with Crippen LogP contribution in [0.25, 0.3) is 10.9 Å². The van der Waals surface area contributed by atoms with Crippen LogP contribution >= 0.6 is 11.8 Å². The number of nitrogens with zero attached hydrogens (tertiary/aromatic N) is 3. The maximum atomic E-state index is 13.9. The summed E-state index contributed by atoms with van der Waals surface area (Å²) < 4.78 is 19.5. The average molecular weight is 544 g/mol. The Balaban J connectivity index is 1.24. The molecule has 1 atom stereocenters. The van der Waals surface area contributed by atoms with Gasteiger partial charge in [-0.1, -0.05) is 24.3 Å². The number of fused-ring (bicyclic) bond motifs is 2. The fourth-order valence-electron chi connectivity index (χ4n) is 5.40. The first-order chi connectivity index (χ1) is 19.1. The zero-order chi connectivity index (χ0) is 26.8. The molecule has 0 aliphatic carbocycles. The number of ether oxygens (including phenoxy) is 3. The molecule has 1 saturated heterocycles. The molecule has 6 rings (SSSR count). The number of aromatic nitrogens is 1. The third-order valence-electron chi connectivity index (χ3n) is 7.52. The van der Waals surface area contributed by atoms with E-state index >= 15 is 0 Å². The van der Waals surface area contributed by atoms with Crippen LogP contribution in [0.4, 0.5) is 5.69 Å². The number of hydrogen-bond donors (Lipinski definition) is 0. The molecule has 1 fully saturated rings. The minimum Gasteiger partial charge on any atom is -0.497 e. The van der Waals surface area contributed by atoms with E-state index in [-0.39, 0.29) is 11.7 Å². The van der Waals surface area contributed by atoms with Crippen molar-refractivity contribution in [2.45, 2.75) is 24.1 Å². The number of piperazine rings is 1. The maximum absolute atomic E-state index is 13.9. The molecule has 2 aliphatic heterocycles. The van der Waals surface area contributed by atoms with E-state index in [1.807, 2.05) is 41.0 Å². The molecular formula is C31H33N3O4S. The van der Waals surface area contributed by atoms with Gasteiger partial charge in [0.2, 0.25) is 0 Å². The molecule has 0 radical (unpaired) electrons. The predicted octanol–water partition coefficient (Wildman–Crippen LogP) is 4.89. The molecule has 1 unspecified atom stereocenters. The monoisotopic (exact) mass is 543 g/mol. The number of pyridine rings is 1. The van der Waals surface area contributed by atoms with Gasteiger partial charge in [0.25, 0.3) is 5.56 Å². The van der Waals surface area contributed by atoms with Crippen LogP contribution in [0.3, 0.4) is 0 Å². The molecule has 8 heteroatoms.